The molecule has 0 spiro atoms. The Morgan fingerprint density at radius 2 is 2.13 bits per heavy atom. The Hall–Kier alpha value is -0.890. The van der Waals surface area contributed by atoms with Crippen LogP contribution in [0.5, 0.6) is 5.75 Å². The smallest absolute Gasteiger partial charge is 0.142 e. The molecular formula is C12H18ClNO. The molecule has 0 saturated carbocycles. The van der Waals surface area contributed by atoms with E-state index in [4.69, 9.17) is 16.3 Å². The lowest BCUT2D eigenvalue weighted by molar-refractivity contribution is 0.341. The molecule has 1 unspecified atom stereocenters. The number of nitrogens with one attached hydrogen (secondary N) is 1. The average Bonchev–Trinajstić information content (AvgIpc) is 2.22. The second-order valence-electron chi connectivity index (χ2n) is 3.53. The van der Waals surface area contributed by atoms with Crippen LogP contribution in [0.2, 0.25) is 5.02 Å². The van der Waals surface area contributed by atoms with Crippen molar-refractivity contribution in [2.45, 2.75) is 33.2 Å². The van der Waals surface area contributed by atoms with Crippen LogP contribution in [0, 0.1) is 0 Å². The van der Waals surface area contributed by atoms with Gasteiger partial charge in [0.25, 0.3) is 0 Å². The Bertz CT molecular complexity index is 314. The van der Waals surface area contributed by atoms with Crippen LogP contribution >= 0.6 is 11.6 Å². The van der Waals surface area contributed by atoms with Crippen LogP contribution in [0.3, 0.4) is 0 Å². The molecule has 0 fully saturated rings. The van der Waals surface area contributed by atoms with Crippen LogP contribution in [0.15, 0.2) is 18.2 Å². The molecule has 15 heavy (non-hydrogen) atoms. The number of ether oxygens (including phenoxy) is 1. The zero-order valence-electron chi connectivity index (χ0n) is 9.51. The summed E-state index contributed by atoms with van der Waals surface area (Å²) in [6, 6.07) is 6.06. The zero-order valence-corrected chi connectivity index (χ0v) is 10.3. The number of hydrogen-bond acceptors (Lipinski definition) is 2. The summed E-state index contributed by atoms with van der Waals surface area (Å²) in [4.78, 5) is 0. The van der Waals surface area contributed by atoms with E-state index in [1.165, 1.54) is 0 Å². The molecule has 0 heterocycles. The van der Waals surface area contributed by atoms with E-state index in [0.717, 1.165) is 22.9 Å². The monoisotopic (exact) mass is 227 g/mol. The first-order valence-electron chi connectivity index (χ1n) is 5.36. The standard InChI is InChI=1S/C12H18ClNO/c1-4-9(3)14-11-8-10(13)6-7-12(11)15-5-2/h6-9,14H,4-5H2,1-3H3. The molecule has 1 N–H and O–H groups in total. The summed E-state index contributed by atoms with van der Waals surface area (Å²) in [5, 5.41) is 4.10. The van der Waals surface area contributed by atoms with Crippen LogP contribution < -0.4 is 10.1 Å². The largest absolute Gasteiger partial charge is 0.492 e. The second-order valence-corrected chi connectivity index (χ2v) is 3.96. The van der Waals surface area contributed by atoms with E-state index in [9.17, 15) is 0 Å². The van der Waals surface area contributed by atoms with Gasteiger partial charge in [0.05, 0.1) is 12.3 Å². The molecule has 1 rings (SSSR count). The van der Waals surface area contributed by atoms with Gasteiger partial charge in [-0.1, -0.05) is 18.5 Å². The van der Waals surface area contributed by atoms with Crippen molar-refractivity contribution < 1.29 is 4.74 Å². The maximum atomic E-state index is 5.95. The van der Waals surface area contributed by atoms with Crippen LogP contribution in [0.1, 0.15) is 27.2 Å². The summed E-state index contributed by atoms with van der Waals surface area (Å²) in [6.45, 7) is 6.91. The van der Waals surface area contributed by atoms with Crippen molar-refractivity contribution in [3.63, 3.8) is 0 Å². The fourth-order valence-corrected chi connectivity index (χ4v) is 1.44. The molecule has 0 saturated heterocycles. The maximum absolute atomic E-state index is 5.95. The highest BCUT2D eigenvalue weighted by Gasteiger charge is 2.06. The molecule has 0 aliphatic rings. The van der Waals surface area contributed by atoms with Gasteiger partial charge in [-0.3, -0.25) is 0 Å². The minimum atomic E-state index is 0.419. The normalized spacial score (nSPS) is 12.3. The number of hydrogen-bond donors (Lipinski definition) is 1. The quantitative estimate of drug-likeness (QED) is 0.823. The predicted molar refractivity (Wildman–Crippen MR) is 66.0 cm³/mol. The first-order valence-corrected chi connectivity index (χ1v) is 5.74. The molecule has 0 aliphatic carbocycles. The Labute approximate surface area is 96.6 Å². The first-order chi connectivity index (χ1) is 7.17. The second kappa shape index (κ2) is 5.86. The highest BCUT2D eigenvalue weighted by molar-refractivity contribution is 6.30. The highest BCUT2D eigenvalue weighted by atomic mass is 35.5. The Kier molecular flexibility index (Phi) is 4.76. The first kappa shape index (κ1) is 12.2. The van der Waals surface area contributed by atoms with Crippen molar-refractivity contribution in [1.82, 2.24) is 0 Å². The van der Waals surface area contributed by atoms with Crippen molar-refractivity contribution in [2.75, 3.05) is 11.9 Å². The van der Waals surface area contributed by atoms with Gasteiger partial charge in [0.1, 0.15) is 5.75 Å². The van der Waals surface area contributed by atoms with Gasteiger partial charge in [-0.05, 0) is 38.5 Å². The predicted octanol–water partition coefficient (Wildman–Crippen LogP) is 3.95. The van der Waals surface area contributed by atoms with E-state index in [2.05, 4.69) is 19.2 Å². The molecule has 0 amide bonds. The third-order valence-corrected chi connectivity index (χ3v) is 2.49. The molecule has 0 aliphatic heterocycles. The van der Waals surface area contributed by atoms with Gasteiger partial charge in [-0.2, -0.15) is 0 Å². The number of rotatable bonds is 5. The summed E-state index contributed by atoms with van der Waals surface area (Å²) in [5.41, 5.74) is 0.971. The van der Waals surface area contributed by atoms with Crippen molar-refractivity contribution >= 4 is 17.3 Å². The molecule has 3 heteroatoms. The summed E-state index contributed by atoms with van der Waals surface area (Å²) < 4.78 is 5.52. The Balaban J connectivity index is 2.86. The third kappa shape index (κ3) is 3.63. The van der Waals surface area contributed by atoms with Gasteiger partial charge in [0, 0.05) is 11.1 Å². The van der Waals surface area contributed by atoms with E-state index >= 15 is 0 Å². The lowest BCUT2D eigenvalue weighted by atomic mass is 10.2. The van der Waals surface area contributed by atoms with Crippen molar-refractivity contribution in [1.29, 1.82) is 0 Å². The maximum Gasteiger partial charge on any atom is 0.142 e. The third-order valence-electron chi connectivity index (χ3n) is 2.26. The number of halogens is 1. The van der Waals surface area contributed by atoms with E-state index in [-0.39, 0.29) is 0 Å². The van der Waals surface area contributed by atoms with E-state index in [1.807, 2.05) is 25.1 Å². The van der Waals surface area contributed by atoms with E-state index in [1.54, 1.807) is 0 Å². The topological polar surface area (TPSA) is 21.3 Å². The van der Waals surface area contributed by atoms with E-state index < -0.39 is 0 Å². The van der Waals surface area contributed by atoms with Gasteiger partial charge in [-0.15, -0.1) is 0 Å². The molecule has 1 aromatic carbocycles. The van der Waals surface area contributed by atoms with Gasteiger partial charge >= 0.3 is 0 Å². The fraction of sp³-hybridized carbons (Fsp3) is 0.500. The zero-order chi connectivity index (χ0) is 11.3. The van der Waals surface area contributed by atoms with Crippen LogP contribution in [0.4, 0.5) is 5.69 Å². The summed E-state index contributed by atoms with van der Waals surface area (Å²) in [7, 11) is 0. The number of anilines is 1. The molecule has 1 atom stereocenters. The number of benzene rings is 1. The lowest BCUT2D eigenvalue weighted by Gasteiger charge is -2.16. The van der Waals surface area contributed by atoms with Gasteiger partial charge < -0.3 is 10.1 Å². The van der Waals surface area contributed by atoms with Gasteiger partial charge in [-0.25, -0.2) is 0 Å². The Morgan fingerprint density at radius 3 is 2.73 bits per heavy atom. The van der Waals surface area contributed by atoms with Crippen LogP contribution in [0.25, 0.3) is 0 Å². The molecule has 84 valence electrons. The van der Waals surface area contributed by atoms with Crippen LogP contribution in [-0.4, -0.2) is 12.6 Å². The minimum absolute atomic E-state index is 0.419. The molecular weight excluding hydrogens is 210 g/mol. The summed E-state index contributed by atoms with van der Waals surface area (Å²) in [5.74, 6) is 0.863. The lowest BCUT2D eigenvalue weighted by Crippen LogP contribution is -2.14. The van der Waals surface area contributed by atoms with Crippen LogP contribution in [-0.2, 0) is 0 Å². The molecule has 0 aromatic heterocycles. The van der Waals surface area contributed by atoms with Crippen molar-refractivity contribution in [3.05, 3.63) is 23.2 Å². The minimum Gasteiger partial charge on any atom is -0.492 e. The fourth-order valence-electron chi connectivity index (χ4n) is 1.26. The SMILES string of the molecule is CCOc1ccc(Cl)cc1NC(C)CC. The molecule has 0 bridgehead atoms. The molecule has 1 aromatic rings. The van der Waals surface area contributed by atoms with Crippen molar-refractivity contribution in [2.24, 2.45) is 0 Å². The summed E-state index contributed by atoms with van der Waals surface area (Å²) >= 11 is 5.95. The van der Waals surface area contributed by atoms with E-state index in [0.29, 0.717) is 12.6 Å². The van der Waals surface area contributed by atoms with Gasteiger partial charge in [0.15, 0.2) is 0 Å². The van der Waals surface area contributed by atoms with Crippen molar-refractivity contribution in [3.8, 4) is 5.75 Å². The molecule has 2 nitrogen and oxygen atoms in total. The molecule has 0 radical (unpaired) electrons. The Morgan fingerprint density at radius 1 is 1.40 bits per heavy atom. The van der Waals surface area contributed by atoms with Gasteiger partial charge in [0.2, 0.25) is 0 Å². The summed E-state index contributed by atoms with van der Waals surface area (Å²) in [6.07, 6.45) is 1.07. The average molecular weight is 228 g/mol. The highest BCUT2D eigenvalue weighted by Crippen LogP contribution is 2.28.